The lowest BCUT2D eigenvalue weighted by Gasteiger charge is -2.24. The number of rotatable bonds is 8. The van der Waals surface area contributed by atoms with Crippen molar-refractivity contribution >= 4 is 0 Å². The van der Waals surface area contributed by atoms with Gasteiger partial charge in [0.25, 0.3) is 0 Å². The molecule has 1 fully saturated rings. The van der Waals surface area contributed by atoms with Crippen molar-refractivity contribution in [2.75, 3.05) is 40.1 Å². The lowest BCUT2D eigenvalue weighted by molar-refractivity contribution is -0.0330. The molecule has 0 amide bonds. The van der Waals surface area contributed by atoms with Crippen molar-refractivity contribution in [3.63, 3.8) is 0 Å². The second-order valence-corrected chi connectivity index (χ2v) is 4.58. The average molecular weight is 247 g/mol. The van der Waals surface area contributed by atoms with E-state index in [1.807, 2.05) is 6.92 Å². The van der Waals surface area contributed by atoms with Gasteiger partial charge in [0, 0.05) is 26.3 Å². The van der Waals surface area contributed by atoms with Crippen LogP contribution in [0.5, 0.6) is 0 Å². The minimum absolute atomic E-state index is 0.0210. The van der Waals surface area contributed by atoms with E-state index in [1.165, 1.54) is 0 Å². The number of ether oxygens (including phenoxy) is 3. The van der Waals surface area contributed by atoms with Crippen LogP contribution in [0.2, 0.25) is 0 Å². The number of hydrogen-bond acceptors (Lipinski definition) is 5. The van der Waals surface area contributed by atoms with Crippen molar-refractivity contribution in [2.24, 2.45) is 0 Å². The fourth-order valence-electron chi connectivity index (χ4n) is 1.82. The maximum Gasteiger partial charge on any atom is 0.0897 e. The highest BCUT2D eigenvalue weighted by molar-refractivity contribution is 4.72. The van der Waals surface area contributed by atoms with E-state index in [4.69, 9.17) is 14.2 Å². The van der Waals surface area contributed by atoms with Crippen molar-refractivity contribution in [1.29, 1.82) is 0 Å². The van der Waals surface area contributed by atoms with Crippen LogP contribution in [-0.4, -0.2) is 63.4 Å². The molecule has 0 aliphatic carbocycles. The molecule has 0 radical (unpaired) electrons. The van der Waals surface area contributed by atoms with Gasteiger partial charge in [0.05, 0.1) is 32.0 Å². The summed E-state index contributed by atoms with van der Waals surface area (Å²) in [7, 11) is 1.64. The quantitative estimate of drug-likeness (QED) is 0.640. The van der Waals surface area contributed by atoms with Gasteiger partial charge in [-0.2, -0.15) is 0 Å². The van der Waals surface area contributed by atoms with Gasteiger partial charge >= 0.3 is 0 Å². The topological polar surface area (TPSA) is 60.0 Å². The van der Waals surface area contributed by atoms with E-state index in [2.05, 4.69) is 5.32 Å². The summed E-state index contributed by atoms with van der Waals surface area (Å²) in [5.41, 5.74) is 0. The molecule has 0 aromatic heterocycles. The van der Waals surface area contributed by atoms with Crippen molar-refractivity contribution in [3.8, 4) is 0 Å². The summed E-state index contributed by atoms with van der Waals surface area (Å²) < 4.78 is 15.7. The van der Waals surface area contributed by atoms with Gasteiger partial charge in [-0.3, -0.25) is 0 Å². The molecule has 1 aliphatic rings. The second-order valence-electron chi connectivity index (χ2n) is 4.58. The summed E-state index contributed by atoms with van der Waals surface area (Å²) in [4.78, 5) is 0. The summed E-state index contributed by atoms with van der Waals surface area (Å²) in [5, 5.41) is 13.0. The van der Waals surface area contributed by atoms with Gasteiger partial charge in [0.15, 0.2) is 0 Å². The number of methoxy groups -OCH3 is 1. The van der Waals surface area contributed by atoms with Gasteiger partial charge < -0.3 is 24.6 Å². The normalized spacial score (nSPS) is 24.5. The number of aliphatic hydroxyl groups is 1. The maximum atomic E-state index is 9.73. The first-order valence-corrected chi connectivity index (χ1v) is 6.32. The largest absolute Gasteiger partial charge is 0.389 e. The van der Waals surface area contributed by atoms with Crippen LogP contribution in [-0.2, 0) is 14.2 Å². The Kier molecular flexibility index (Phi) is 7.72. The van der Waals surface area contributed by atoms with Crippen LogP contribution in [0.1, 0.15) is 19.8 Å². The Bertz CT molecular complexity index is 185. The highest BCUT2D eigenvalue weighted by atomic mass is 16.5. The Morgan fingerprint density at radius 1 is 1.47 bits per heavy atom. The third-order valence-electron chi connectivity index (χ3n) is 2.78. The van der Waals surface area contributed by atoms with Crippen molar-refractivity contribution in [1.82, 2.24) is 5.32 Å². The fraction of sp³-hybridized carbons (Fsp3) is 1.00. The molecule has 0 aromatic rings. The van der Waals surface area contributed by atoms with Crippen molar-refractivity contribution in [3.05, 3.63) is 0 Å². The first kappa shape index (κ1) is 14.9. The number of aliphatic hydroxyl groups excluding tert-OH is 1. The van der Waals surface area contributed by atoms with Gasteiger partial charge in [-0.1, -0.05) is 0 Å². The molecule has 0 spiro atoms. The molecule has 3 atom stereocenters. The molecule has 0 aromatic carbocycles. The molecule has 102 valence electrons. The van der Waals surface area contributed by atoms with Gasteiger partial charge in [0.2, 0.25) is 0 Å². The molecule has 17 heavy (non-hydrogen) atoms. The molecular weight excluding hydrogens is 222 g/mol. The van der Waals surface area contributed by atoms with Crippen LogP contribution in [0.3, 0.4) is 0 Å². The van der Waals surface area contributed by atoms with E-state index in [1.54, 1.807) is 7.11 Å². The summed E-state index contributed by atoms with van der Waals surface area (Å²) >= 11 is 0. The van der Waals surface area contributed by atoms with E-state index in [0.29, 0.717) is 25.8 Å². The average Bonchev–Trinajstić information content (AvgIpc) is 2.35. The molecular formula is C12H25NO4. The Balaban J connectivity index is 2.01. The standard InChI is InChI=1S/C12H25NO4/c1-10(7-15-2)17-9-12(14)6-13-11-4-3-5-16-8-11/h10-14H,3-9H2,1-2H3. The van der Waals surface area contributed by atoms with Crippen LogP contribution >= 0.6 is 0 Å². The summed E-state index contributed by atoms with van der Waals surface area (Å²) in [6.07, 6.45) is 1.76. The Labute approximate surface area is 103 Å². The molecule has 5 nitrogen and oxygen atoms in total. The molecule has 1 rings (SSSR count). The van der Waals surface area contributed by atoms with E-state index in [0.717, 1.165) is 26.1 Å². The SMILES string of the molecule is COCC(C)OCC(O)CNC1CCCOC1. The van der Waals surface area contributed by atoms with Gasteiger partial charge in [-0.25, -0.2) is 0 Å². The molecule has 0 bridgehead atoms. The van der Waals surface area contributed by atoms with Gasteiger partial charge in [-0.05, 0) is 19.8 Å². The molecule has 1 aliphatic heterocycles. The Hall–Kier alpha value is -0.200. The van der Waals surface area contributed by atoms with E-state index >= 15 is 0 Å². The predicted molar refractivity (Wildman–Crippen MR) is 65.1 cm³/mol. The second kappa shape index (κ2) is 8.83. The number of hydrogen-bond donors (Lipinski definition) is 2. The molecule has 1 heterocycles. The predicted octanol–water partition coefficient (Wildman–Crippen LogP) is 0.167. The first-order valence-electron chi connectivity index (χ1n) is 6.32. The Morgan fingerprint density at radius 2 is 2.29 bits per heavy atom. The minimum atomic E-state index is -0.476. The van der Waals surface area contributed by atoms with E-state index in [-0.39, 0.29) is 6.10 Å². The van der Waals surface area contributed by atoms with Crippen LogP contribution in [0.25, 0.3) is 0 Å². The monoisotopic (exact) mass is 247 g/mol. The highest BCUT2D eigenvalue weighted by Gasteiger charge is 2.15. The van der Waals surface area contributed by atoms with Crippen LogP contribution < -0.4 is 5.32 Å². The zero-order chi connectivity index (χ0) is 12.5. The molecule has 5 heteroatoms. The van der Waals surface area contributed by atoms with Gasteiger partial charge in [0.1, 0.15) is 0 Å². The lowest BCUT2D eigenvalue weighted by atomic mass is 10.1. The third-order valence-corrected chi connectivity index (χ3v) is 2.78. The van der Waals surface area contributed by atoms with Crippen LogP contribution in [0.15, 0.2) is 0 Å². The third kappa shape index (κ3) is 6.95. The highest BCUT2D eigenvalue weighted by Crippen LogP contribution is 2.05. The lowest BCUT2D eigenvalue weighted by Crippen LogP contribution is -2.42. The molecule has 3 unspecified atom stereocenters. The summed E-state index contributed by atoms with van der Waals surface area (Å²) in [5.74, 6) is 0. The summed E-state index contributed by atoms with van der Waals surface area (Å²) in [6, 6.07) is 0.370. The Morgan fingerprint density at radius 3 is 2.94 bits per heavy atom. The zero-order valence-corrected chi connectivity index (χ0v) is 10.9. The van der Waals surface area contributed by atoms with E-state index < -0.39 is 6.10 Å². The maximum absolute atomic E-state index is 9.73. The number of nitrogens with one attached hydrogen (secondary N) is 1. The van der Waals surface area contributed by atoms with Crippen molar-refractivity contribution in [2.45, 2.75) is 38.0 Å². The minimum Gasteiger partial charge on any atom is -0.389 e. The molecule has 0 saturated carbocycles. The van der Waals surface area contributed by atoms with Crippen LogP contribution in [0.4, 0.5) is 0 Å². The first-order chi connectivity index (χ1) is 8.22. The smallest absolute Gasteiger partial charge is 0.0897 e. The zero-order valence-electron chi connectivity index (χ0n) is 10.9. The van der Waals surface area contributed by atoms with Crippen molar-refractivity contribution < 1.29 is 19.3 Å². The summed E-state index contributed by atoms with van der Waals surface area (Å²) in [6.45, 7) is 4.97. The van der Waals surface area contributed by atoms with Crippen LogP contribution in [0, 0.1) is 0 Å². The van der Waals surface area contributed by atoms with E-state index in [9.17, 15) is 5.11 Å². The van der Waals surface area contributed by atoms with Gasteiger partial charge in [-0.15, -0.1) is 0 Å². The molecule has 1 saturated heterocycles. The fourth-order valence-corrected chi connectivity index (χ4v) is 1.82. The molecule has 2 N–H and O–H groups in total.